The van der Waals surface area contributed by atoms with Gasteiger partial charge in [0, 0.05) is 6.04 Å². The van der Waals surface area contributed by atoms with Crippen molar-refractivity contribution in [3.8, 4) is 0 Å². The first-order chi connectivity index (χ1) is 8.17. The first-order valence-corrected chi connectivity index (χ1v) is 7.90. The van der Waals surface area contributed by atoms with Crippen molar-refractivity contribution in [3.63, 3.8) is 0 Å². The summed E-state index contributed by atoms with van der Waals surface area (Å²) >= 11 is 0. The molecule has 0 aromatic heterocycles. The predicted octanol–water partition coefficient (Wildman–Crippen LogP) is 4.62. The van der Waals surface area contributed by atoms with E-state index < -0.39 is 0 Å². The summed E-state index contributed by atoms with van der Waals surface area (Å²) in [5.41, 5.74) is 0. The van der Waals surface area contributed by atoms with Gasteiger partial charge >= 0.3 is 0 Å². The lowest BCUT2D eigenvalue weighted by Gasteiger charge is -2.34. The first-order valence-electron chi connectivity index (χ1n) is 7.90. The van der Waals surface area contributed by atoms with E-state index in [4.69, 9.17) is 0 Å². The maximum Gasteiger partial charge on any atom is 0.00977 e. The summed E-state index contributed by atoms with van der Waals surface area (Å²) in [6, 6.07) is 0.786. The van der Waals surface area contributed by atoms with Crippen LogP contribution in [0, 0.1) is 17.8 Å². The van der Waals surface area contributed by atoms with Crippen LogP contribution in [0.15, 0.2) is 0 Å². The van der Waals surface area contributed by atoms with Crippen molar-refractivity contribution in [3.05, 3.63) is 0 Å². The Balaban J connectivity index is 2.41. The molecule has 1 rings (SSSR count). The topological polar surface area (TPSA) is 12.0 Å². The largest absolute Gasteiger partial charge is 0.314 e. The minimum Gasteiger partial charge on any atom is -0.314 e. The van der Waals surface area contributed by atoms with Crippen LogP contribution >= 0.6 is 0 Å². The predicted molar refractivity (Wildman–Crippen MR) is 77.3 cm³/mol. The lowest BCUT2D eigenvalue weighted by atomic mass is 9.76. The molecule has 0 saturated heterocycles. The van der Waals surface area contributed by atoms with Crippen LogP contribution in [0.4, 0.5) is 0 Å². The summed E-state index contributed by atoms with van der Waals surface area (Å²) in [5.74, 6) is 2.82. The minimum atomic E-state index is 0.786. The fourth-order valence-electron chi connectivity index (χ4n) is 3.44. The van der Waals surface area contributed by atoms with Crippen molar-refractivity contribution in [1.82, 2.24) is 5.32 Å². The Morgan fingerprint density at radius 3 is 2.29 bits per heavy atom. The van der Waals surface area contributed by atoms with E-state index in [1.807, 2.05) is 0 Å². The van der Waals surface area contributed by atoms with Gasteiger partial charge in [-0.25, -0.2) is 0 Å². The fourth-order valence-corrected chi connectivity index (χ4v) is 3.44. The van der Waals surface area contributed by atoms with E-state index in [9.17, 15) is 0 Å². The van der Waals surface area contributed by atoms with E-state index in [-0.39, 0.29) is 0 Å². The zero-order valence-electron chi connectivity index (χ0n) is 12.5. The molecule has 0 radical (unpaired) electrons. The fraction of sp³-hybridized carbons (Fsp3) is 1.00. The molecule has 1 fully saturated rings. The molecule has 102 valence electrons. The molecule has 0 aliphatic heterocycles. The molecule has 17 heavy (non-hydrogen) atoms. The highest BCUT2D eigenvalue weighted by Gasteiger charge is 2.26. The maximum absolute atomic E-state index is 3.76. The van der Waals surface area contributed by atoms with Gasteiger partial charge in [-0.3, -0.25) is 0 Å². The average molecular weight is 239 g/mol. The van der Waals surface area contributed by atoms with Gasteiger partial charge in [-0.05, 0) is 43.6 Å². The third kappa shape index (κ3) is 5.42. The van der Waals surface area contributed by atoms with Crippen molar-refractivity contribution in [1.29, 1.82) is 0 Å². The van der Waals surface area contributed by atoms with Crippen LogP contribution < -0.4 is 5.32 Å². The zero-order chi connectivity index (χ0) is 12.7. The van der Waals surface area contributed by atoms with Crippen molar-refractivity contribution in [2.24, 2.45) is 17.8 Å². The van der Waals surface area contributed by atoms with Gasteiger partial charge in [-0.15, -0.1) is 0 Å². The van der Waals surface area contributed by atoms with Crippen LogP contribution in [0.2, 0.25) is 0 Å². The Hall–Kier alpha value is -0.0400. The summed E-state index contributed by atoms with van der Waals surface area (Å²) in [6.45, 7) is 10.5. The smallest absolute Gasteiger partial charge is 0.00977 e. The number of hydrogen-bond acceptors (Lipinski definition) is 1. The highest BCUT2D eigenvalue weighted by atomic mass is 14.9. The molecule has 0 heterocycles. The molecule has 1 aliphatic rings. The summed E-state index contributed by atoms with van der Waals surface area (Å²) < 4.78 is 0. The molecule has 1 nitrogen and oxygen atoms in total. The van der Waals surface area contributed by atoms with Gasteiger partial charge in [0.25, 0.3) is 0 Å². The molecular weight excluding hydrogens is 206 g/mol. The van der Waals surface area contributed by atoms with Crippen LogP contribution in [-0.2, 0) is 0 Å². The SMILES string of the molecule is CCCC(C)CC(NCC)C1CCC(C)CC1. The quantitative estimate of drug-likeness (QED) is 0.683. The summed E-state index contributed by atoms with van der Waals surface area (Å²) in [6.07, 6.45) is 9.94. The van der Waals surface area contributed by atoms with Crippen LogP contribution in [0.1, 0.15) is 72.6 Å². The number of rotatable bonds is 7. The second-order valence-electron chi connectivity index (χ2n) is 6.31. The Morgan fingerprint density at radius 2 is 1.76 bits per heavy atom. The standard InChI is InChI=1S/C16H33N/c1-5-7-14(4)12-16(17-6-2)15-10-8-13(3)9-11-15/h13-17H,5-12H2,1-4H3. The monoisotopic (exact) mass is 239 g/mol. The maximum atomic E-state index is 3.76. The lowest BCUT2D eigenvalue weighted by molar-refractivity contribution is 0.207. The summed E-state index contributed by atoms with van der Waals surface area (Å²) in [7, 11) is 0. The molecule has 1 N–H and O–H groups in total. The molecule has 1 aliphatic carbocycles. The van der Waals surface area contributed by atoms with E-state index in [1.54, 1.807) is 0 Å². The second kappa shape index (κ2) is 8.13. The Morgan fingerprint density at radius 1 is 1.12 bits per heavy atom. The van der Waals surface area contributed by atoms with Gasteiger partial charge in [0.2, 0.25) is 0 Å². The van der Waals surface area contributed by atoms with Gasteiger partial charge in [0.15, 0.2) is 0 Å². The lowest BCUT2D eigenvalue weighted by Crippen LogP contribution is -2.39. The highest BCUT2D eigenvalue weighted by Crippen LogP contribution is 2.32. The highest BCUT2D eigenvalue weighted by molar-refractivity contribution is 4.82. The van der Waals surface area contributed by atoms with Crippen LogP contribution in [0.5, 0.6) is 0 Å². The molecule has 1 saturated carbocycles. The minimum absolute atomic E-state index is 0.786. The molecule has 2 atom stereocenters. The number of nitrogens with one attached hydrogen (secondary N) is 1. The second-order valence-corrected chi connectivity index (χ2v) is 6.31. The van der Waals surface area contributed by atoms with E-state index in [2.05, 4.69) is 33.0 Å². The van der Waals surface area contributed by atoms with Crippen LogP contribution in [-0.4, -0.2) is 12.6 Å². The van der Waals surface area contributed by atoms with Crippen molar-refractivity contribution in [2.45, 2.75) is 78.7 Å². The molecule has 0 spiro atoms. The van der Waals surface area contributed by atoms with Gasteiger partial charge in [0.1, 0.15) is 0 Å². The molecule has 0 amide bonds. The van der Waals surface area contributed by atoms with E-state index in [1.165, 1.54) is 44.9 Å². The van der Waals surface area contributed by atoms with Crippen LogP contribution in [0.3, 0.4) is 0 Å². The van der Waals surface area contributed by atoms with E-state index in [0.717, 1.165) is 30.3 Å². The molecular formula is C16H33N. The Kier molecular flexibility index (Phi) is 7.18. The molecule has 0 bridgehead atoms. The van der Waals surface area contributed by atoms with Crippen molar-refractivity contribution in [2.75, 3.05) is 6.54 Å². The summed E-state index contributed by atoms with van der Waals surface area (Å²) in [4.78, 5) is 0. The third-order valence-electron chi connectivity index (χ3n) is 4.53. The van der Waals surface area contributed by atoms with E-state index in [0.29, 0.717) is 0 Å². The van der Waals surface area contributed by atoms with Gasteiger partial charge in [0.05, 0.1) is 0 Å². The number of hydrogen-bond donors (Lipinski definition) is 1. The molecule has 0 aromatic carbocycles. The Labute approximate surface area is 109 Å². The van der Waals surface area contributed by atoms with Gasteiger partial charge < -0.3 is 5.32 Å². The molecule has 2 unspecified atom stereocenters. The summed E-state index contributed by atoms with van der Waals surface area (Å²) in [5, 5.41) is 3.76. The first kappa shape index (κ1) is 15.0. The average Bonchev–Trinajstić information content (AvgIpc) is 2.30. The van der Waals surface area contributed by atoms with Gasteiger partial charge in [-0.2, -0.15) is 0 Å². The Bertz CT molecular complexity index is 182. The molecule has 1 heteroatoms. The van der Waals surface area contributed by atoms with Gasteiger partial charge in [-0.1, -0.05) is 53.4 Å². The van der Waals surface area contributed by atoms with Crippen molar-refractivity contribution >= 4 is 0 Å². The van der Waals surface area contributed by atoms with E-state index >= 15 is 0 Å². The normalized spacial score (nSPS) is 28.9. The molecule has 0 aromatic rings. The van der Waals surface area contributed by atoms with Crippen LogP contribution in [0.25, 0.3) is 0 Å². The zero-order valence-corrected chi connectivity index (χ0v) is 12.5. The third-order valence-corrected chi connectivity index (χ3v) is 4.53. The van der Waals surface area contributed by atoms with Crippen molar-refractivity contribution < 1.29 is 0 Å².